The van der Waals surface area contributed by atoms with Crippen LogP contribution in [0.5, 0.6) is 0 Å². The molecule has 0 atom stereocenters. The van der Waals surface area contributed by atoms with E-state index in [0.717, 1.165) is 12.8 Å². The van der Waals surface area contributed by atoms with Crippen LogP contribution in [-0.4, -0.2) is 0 Å². The van der Waals surface area contributed by atoms with E-state index in [9.17, 15) is 0 Å². The molecule has 1 rings (SSSR count). The SMILES string of the molecule is CC/C=C1/C=C=CC1. The summed E-state index contributed by atoms with van der Waals surface area (Å²) in [4.78, 5) is 0. The Morgan fingerprint density at radius 3 is 3.25 bits per heavy atom. The average molecular weight is 106 g/mol. The Labute approximate surface area is 50.2 Å². The summed E-state index contributed by atoms with van der Waals surface area (Å²) in [7, 11) is 0. The van der Waals surface area contributed by atoms with Gasteiger partial charge in [-0.1, -0.05) is 13.0 Å². The quantitative estimate of drug-likeness (QED) is 0.450. The lowest BCUT2D eigenvalue weighted by atomic mass is 10.2. The topological polar surface area (TPSA) is 0 Å². The molecular weight excluding hydrogens is 96.1 g/mol. The number of rotatable bonds is 1. The van der Waals surface area contributed by atoms with Crippen LogP contribution in [0.3, 0.4) is 0 Å². The average Bonchev–Trinajstić information content (AvgIpc) is 2.19. The predicted octanol–water partition coefficient (Wildman–Crippen LogP) is 2.44. The van der Waals surface area contributed by atoms with Crippen molar-refractivity contribution in [3.63, 3.8) is 0 Å². The van der Waals surface area contributed by atoms with Crippen molar-refractivity contribution in [3.05, 3.63) is 29.5 Å². The van der Waals surface area contributed by atoms with Gasteiger partial charge in [0.05, 0.1) is 0 Å². The van der Waals surface area contributed by atoms with Crippen LogP contribution >= 0.6 is 0 Å². The zero-order valence-corrected chi connectivity index (χ0v) is 5.15. The number of hydrogen-bond acceptors (Lipinski definition) is 0. The Morgan fingerprint density at radius 2 is 2.75 bits per heavy atom. The summed E-state index contributed by atoms with van der Waals surface area (Å²) in [5.74, 6) is 0. The van der Waals surface area contributed by atoms with E-state index in [4.69, 9.17) is 0 Å². The van der Waals surface area contributed by atoms with Crippen molar-refractivity contribution in [3.8, 4) is 0 Å². The highest BCUT2D eigenvalue weighted by Gasteiger charge is 1.90. The van der Waals surface area contributed by atoms with Gasteiger partial charge in [-0.2, -0.15) is 0 Å². The lowest BCUT2D eigenvalue weighted by Gasteiger charge is -1.86. The summed E-state index contributed by atoms with van der Waals surface area (Å²) in [5, 5.41) is 0. The number of allylic oxidation sites excluding steroid dienone is 3. The maximum Gasteiger partial charge on any atom is -0.00183 e. The minimum absolute atomic E-state index is 1.09. The van der Waals surface area contributed by atoms with Crippen molar-refractivity contribution < 1.29 is 0 Å². The molecule has 0 aliphatic heterocycles. The molecule has 42 valence electrons. The van der Waals surface area contributed by atoms with E-state index in [-0.39, 0.29) is 0 Å². The zero-order valence-electron chi connectivity index (χ0n) is 5.15. The number of hydrogen-bond donors (Lipinski definition) is 0. The van der Waals surface area contributed by atoms with Gasteiger partial charge in [0.1, 0.15) is 0 Å². The summed E-state index contributed by atoms with van der Waals surface area (Å²) in [5.41, 5.74) is 4.45. The lowest BCUT2D eigenvalue weighted by molar-refractivity contribution is 1.17. The largest absolute Gasteiger partial charge is 0.125 e. The molecule has 0 radical (unpaired) electrons. The van der Waals surface area contributed by atoms with E-state index in [2.05, 4.69) is 24.8 Å². The van der Waals surface area contributed by atoms with E-state index >= 15 is 0 Å². The monoisotopic (exact) mass is 106 g/mol. The molecule has 0 aromatic carbocycles. The third kappa shape index (κ3) is 1.11. The Morgan fingerprint density at radius 1 is 1.88 bits per heavy atom. The molecule has 0 heterocycles. The summed E-state index contributed by atoms with van der Waals surface area (Å²) < 4.78 is 0. The summed E-state index contributed by atoms with van der Waals surface area (Å²) in [6.45, 7) is 2.15. The molecule has 0 fully saturated rings. The molecular formula is C8H10. The molecule has 0 spiro atoms. The van der Waals surface area contributed by atoms with Crippen LogP contribution in [0.2, 0.25) is 0 Å². The van der Waals surface area contributed by atoms with E-state index in [1.807, 2.05) is 6.08 Å². The first kappa shape index (κ1) is 5.40. The standard InChI is InChI=1S/C8H10/c1-2-5-8-6-3-4-7-8/h3,5,7H,2,6H2,1H3/b8-5+. The Bertz CT molecular complexity index is 155. The highest BCUT2D eigenvalue weighted by Crippen LogP contribution is 2.09. The van der Waals surface area contributed by atoms with Gasteiger partial charge in [-0.3, -0.25) is 0 Å². The molecule has 0 aromatic heterocycles. The van der Waals surface area contributed by atoms with E-state index in [1.165, 1.54) is 5.57 Å². The van der Waals surface area contributed by atoms with Crippen molar-refractivity contribution in [2.24, 2.45) is 0 Å². The van der Waals surface area contributed by atoms with Crippen molar-refractivity contribution >= 4 is 0 Å². The minimum atomic E-state index is 1.09. The van der Waals surface area contributed by atoms with Crippen LogP contribution in [0.25, 0.3) is 0 Å². The fourth-order valence-corrected chi connectivity index (χ4v) is 0.806. The second-order valence-electron chi connectivity index (χ2n) is 1.91. The fourth-order valence-electron chi connectivity index (χ4n) is 0.806. The van der Waals surface area contributed by atoms with Crippen LogP contribution in [-0.2, 0) is 0 Å². The maximum absolute atomic E-state index is 3.04. The second kappa shape index (κ2) is 2.54. The minimum Gasteiger partial charge on any atom is -0.125 e. The van der Waals surface area contributed by atoms with Crippen LogP contribution in [0.15, 0.2) is 29.5 Å². The third-order valence-electron chi connectivity index (χ3n) is 1.19. The van der Waals surface area contributed by atoms with Crippen LogP contribution in [0.4, 0.5) is 0 Å². The molecule has 0 heteroatoms. The van der Waals surface area contributed by atoms with Gasteiger partial charge >= 0.3 is 0 Å². The highest BCUT2D eigenvalue weighted by molar-refractivity contribution is 5.25. The Hall–Kier alpha value is -0.740. The van der Waals surface area contributed by atoms with Gasteiger partial charge in [-0.05, 0) is 30.6 Å². The first-order chi connectivity index (χ1) is 3.93. The summed E-state index contributed by atoms with van der Waals surface area (Å²) in [6, 6.07) is 0. The molecule has 0 N–H and O–H groups in total. The van der Waals surface area contributed by atoms with Gasteiger partial charge in [-0.15, -0.1) is 5.73 Å². The Kier molecular flexibility index (Phi) is 1.71. The normalized spacial score (nSPS) is 20.9. The first-order valence-electron chi connectivity index (χ1n) is 3.03. The molecule has 0 nitrogen and oxygen atoms in total. The second-order valence-corrected chi connectivity index (χ2v) is 1.91. The molecule has 0 aromatic rings. The van der Waals surface area contributed by atoms with Crippen LogP contribution in [0, 0.1) is 0 Å². The van der Waals surface area contributed by atoms with Crippen molar-refractivity contribution in [1.29, 1.82) is 0 Å². The van der Waals surface area contributed by atoms with Gasteiger partial charge in [0.15, 0.2) is 0 Å². The van der Waals surface area contributed by atoms with Crippen molar-refractivity contribution in [1.82, 2.24) is 0 Å². The van der Waals surface area contributed by atoms with Crippen LogP contribution < -0.4 is 0 Å². The van der Waals surface area contributed by atoms with Crippen molar-refractivity contribution in [2.45, 2.75) is 19.8 Å². The highest BCUT2D eigenvalue weighted by atomic mass is 13.9. The Balaban J connectivity index is 2.53. The van der Waals surface area contributed by atoms with E-state index in [0.29, 0.717) is 0 Å². The van der Waals surface area contributed by atoms with Gasteiger partial charge in [-0.25, -0.2) is 0 Å². The summed E-state index contributed by atoms with van der Waals surface area (Å²) in [6.07, 6.45) is 8.57. The molecule has 0 unspecified atom stereocenters. The van der Waals surface area contributed by atoms with Gasteiger partial charge in [0.2, 0.25) is 0 Å². The van der Waals surface area contributed by atoms with E-state index < -0.39 is 0 Å². The fraction of sp³-hybridized carbons (Fsp3) is 0.375. The molecule has 1 aliphatic rings. The summed E-state index contributed by atoms with van der Waals surface area (Å²) >= 11 is 0. The molecule has 0 saturated heterocycles. The molecule has 0 bridgehead atoms. The van der Waals surface area contributed by atoms with Crippen molar-refractivity contribution in [2.75, 3.05) is 0 Å². The molecule has 0 saturated carbocycles. The molecule has 0 amide bonds. The van der Waals surface area contributed by atoms with E-state index in [1.54, 1.807) is 0 Å². The third-order valence-corrected chi connectivity index (χ3v) is 1.19. The first-order valence-corrected chi connectivity index (χ1v) is 3.03. The molecule has 1 aliphatic carbocycles. The van der Waals surface area contributed by atoms with Crippen LogP contribution in [0.1, 0.15) is 19.8 Å². The van der Waals surface area contributed by atoms with Gasteiger partial charge in [0.25, 0.3) is 0 Å². The lowest BCUT2D eigenvalue weighted by Crippen LogP contribution is -1.67. The zero-order chi connectivity index (χ0) is 5.82. The predicted molar refractivity (Wildman–Crippen MR) is 35.6 cm³/mol. The smallest absolute Gasteiger partial charge is 0.00183 e. The maximum atomic E-state index is 3.04. The van der Waals surface area contributed by atoms with Gasteiger partial charge < -0.3 is 0 Å². The van der Waals surface area contributed by atoms with Gasteiger partial charge in [0, 0.05) is 0 Å². The molecule has 8 heavy (non-hydrogen) atoms.